The van der Waals surface area contributed by atoms with E-state index in [9.17, 15) is 8.42 Å². The average molecular weight is 348 g/mol. The topological polar surface area (TPSA) is 115 Å². The second-order valence-corrected chi connectivity index (χ2v) is 7.96. The number of aromatic nitrogens is 1. The third-order valence-electron chi connectivity index (χ3n) is 3.00. The maximum atomic E-state index is 12.4. The minimum Gasteiger partial charge on any atom is -0.290 e. The van der Waals surface area contributed by atoms with Gasteiger partial charge in [0.05, 0.1) is 10.6 Å². The third-order valence-corrected chi connectivity index (χ3v) is 4.75. The molecule has 0 saturated carbocycles. The maximum absolute atomic E-state index is 12.4. The summed E-state index contributed by atoms with van der Waals surface area (Å²) in [4.78, 5) is 4.39. The van der Waals surface area contributed by atoms with Crippen LogP contribution in [0.3, 0.4) is 0 Å². The Hall–Kier alpha value is -2.29. The third kappa shape index (κ3) is 4.38. The lowest BCUT2D eigenvalue weighted by Gasteiger charge is -2.20. The molecular formula is C16H20N4O3S. The summed E-state index contributed by atoms with van der Waals surface area (Å²) in [7, 11) is -3.65. The van der Waals surface area contributed by atoms with Crippen molar-refractivity contribution in [3.8, 4) is 11.3 Å². The number of hydrogen-bond donors (Lipinski definition) is 4. The highest BCUT2D eigenvalue weighted by Crippen LogP contribution is 2.22. The molecule has 4 N–H and O–H groups in total. The lowest BCUT2D eigenvalue weighted by molar-refractivity contribution is 0.234. The molecule has 0 fully saturated rings. The van der Waals surface area contributed by atoms with Crippen molar-refractivity contribution >= 4 is 15.9 Å². The van der Waals surface area contributed by atoms with Gasteiger partial charge in [-0.25, -0.2) is 18.1 Å². The summed E-state index contributed by atoms with van der Waals surface area (Å²) in [6.07, 6.45) is 0. The molecule has 24 heavy (non-hydrogen) atoms. The Morgan fingerprint density at radius 3 is 2.46 bits per heavy atom. The van der Waals surface area contributed by atoms with Crippen LogP contribution in [-0.4, -0.2) is 30.0 Å². The van der Waals surface area contributed by atoms with E-state index in [-0.39, 0.29) is 16.4 Å². The van der Waals surface area contributed by atoms with E-state index in [1.54, 1.807) is 56.6 Å². The van der Waals surface area contributed by atoms with E-state index in [1.807, 2.05) is 0 Å². The van der Waals surface area contributed by atoms with Crippen molar-refractivity contribution in [3.63, 3.8) is 0 Å². The summed E-state index contributed by atoms with van der Waals surface area (Å²) in [6, 6.07) is 11.4. The van der Waals surface area contributed by atoms with Crippen LogP contribution in [0.5, 0.6) is 0 Å². The molecule has 0 bridgehead atoms. The summed E-state index contributed by atoms with van der Waals surface area (Å²) in [5.74, 6) is -0.241. The second-order valence-electron chi connectivity index (χ2n) is 6.28. The van der Waals surface area contributed by atoms with Crippen LogP contribution in [0.2, 0.25) is 0 Å². The summed E-state index contributed by atoms with van der Waals surface area (Å²) in [6.45, 7) is 5.31. The van der Waals surface area contributed by atoms with E-state index < -0.39 is 15.6 Å². The van der Waals surface area contributed by atoms with E-state index in [1.165, 1.54) is 12.1 Å². The molecule has 0 atom stereocenters. The number of nitrogens with one attached hydrogen (secondary N) is 3. The van der Waals surface area contributed by atoms with Gasteiger partial charge in [0.2, 0.25) is 10.0 Å². The number of benzene rings is 1. The fourth-order valence-corrected chi connectivity index (χ4v) is 3.54. The Kier molecular flexibility index (Phi) is 5.02. The largest absolute Gasteiger partial charge is 0.290 e. The predicted molar refractivity (Wildman–Crippen MR) is 91.5 cm³/mol. The second kappa shape index (κ2) is 6.68. The Morgan fingerprint density at radius 2 is 1.83 bits per heavy atom. The van der Waals surface area contributed by atoms with Crippen LogP contribution in [-0.2, 0) is 10.0 Å². The molecule has 2 aromatic rings. The van der Waals surface area contributed by atoms with Gasteiger partial charge in [0.15, 0.2) is 5.84 Å². The highest BCUT2D eigenvalue weighted by Gasteiger charge is 2.22. The molecular weight excluding hydrogens is 328 g/mol. The molecule has 0 radical (unpaired) electrons. The molecule has 0 amide bonds. The van der Waals surface area contributed by atoms with E-state index in [4.69, 9.17) is 10.6 Å². The summed E-state index contributed by atoms with van der Waals surface area (Å²) >= 11 is 0. The fraction of sp³-hybridized carbons (Fsp3) is 0.250. The van der Waals surface area contributed by atoms with Crippen LogP contribution in [0.15, 0.2) is 47.4 Å². The van der Waals surface area contributed by atoms with Crippen molar-refractivity contribution in [2.75, 3.05) is 0 Å². The number of hydrogen-bond acceptors (Lipinski definition) is 5. The molecule has 0 unspecified atom stereocenters. The van der Waals surface area contributed by atoms with Gasteiger partial charge in [-0.15, -0.1) is 0 Å². The summed E-state index contributed by atoms with van der Waals surface area (Å²) < 4.78 is 27.5. The first-order chi connectivity index (χ1) is 11.1. The number of rotatable bonds is 4. The van der Waals surface area contributed by atoms with Gasteiger partial charge in [0.25, 0.3) is 0 Å². The molecule has 1 aromatic heterocycles. The van der Waals surface area contributed by atoms with Gasteiger partial charge in [-0.1, -0.05) is 18.2 Å². The van der Waals surface area contributed by atoms with Gasteiger partial charge in [0.1, 0.15) is 5.69 Å². The highest BCUT2D eigenvalue weighted by molar-refractivity contribution is 7.89. The van der Waals surface area contributed by atoms with Crippen molar-refractivity contribution in [1.29, 1.82) is 5.41 Å². The van der Waals surface area contributed by atoms with Gasteiger partial charge >= 0.3 is 0 Å². The van der Waals surface area contributed by atoms with Gasteiger partial charge in [0, 0.05) is 11.1 Å². The van der Waals surface area contributed by atoms with Crippen molar-refractivity contribution in [2.24, 2.45) is 0 Å². The summed E-state index contributed by atoms with van der Waals surface area (Å²) in [5, 5.41) is 16.4. The molecule has 0 aliphatic heterocycles. The van der Waals surface area contributed by atoms with Gasteiger partial charge < -0.3 is 0 Å². The zero-order valence-corrected chi connectivity index (χ0v) is 14.5. The minimum atomic E-state index is -3.65. The van der Waals surface area contributed by atoms with Gasteiger partial charge in [-0.05, 0) is 45.0 Å². The van der Waals surface area contributed by atoms with Crippen molar-refractivity contribution in [3.05, 3.63) is 48.2 Å². The molecule has 1 heterocycles. The molecule has 0 aliphatic carbocycles. The lowest BCUT2D eigenvalue weighted by Crippen LogP contribution is -2.40. The maximum Gasteiger partial charge on any atom is 0.241 e. The normalized spacial score (nSPS) is 12.0. The van der Waals surface area contributed by atoms with E-state index in [2.05, 4.69) is 9.71 Å². The van der Waals surface area contributed by atoms with Crippen LogP contribution in [0.1, 0.15) is 26.5 Å². The molecule has 0 spiro atoms. The molecule has 128 valence electrons. The predicted octanol–water partition coefficient (Wildman–Crippen LogP) is 2.13. The Bertz CT molecular complexity index is 858. The lowest BCUT2D eigenvalue weighted by atomic mass is 10.1. The SMILES string of the molecule is CC(C)(C)NS(=O)(=O)c1cccc(-c2cccc(C(=N)NO)n2)c1. The smallest absolute Gasteiger partial charge is 0.241 e. The Morgan fingerprint density at radius 1 is 1.17 bits per heavy atom. The molecule has 0 aliphatic rings. The van der Waals surface area contributed by atoms with Crippen molar-refractivity contribution in [2.45, 2.75) is 31.2 Å². The first kappa shape index (κ1) is 18.1. The van der Waals surface area contributed by atoms with Crippen LogP contribution in [0.4, 0.5) is 0 Å². The summed E-state index contributed by atoms with van der Waals surface area (Å²) in [5.41, 5.74) is 2.49. The van der Waals surface area contributed by atoms with E-state index >= 15 is 0 Å². The number of hydroxylamine groups is 1. The number of nitrogens with zero attached hydrogens (tertiary/aromatic N) is 1. The Labute approximate surface area is 141 Å². The molecule has 0 saturated heterocycles. The molecule has 8 heteroatoms. The van der Waals surface area contributed by atoms with Crippen LogP contribution < -0.4 is 10.2 Å². The number of sulfonamides is 1. The molecule has 2 rings (SSSR count). The van der Waals surface area contributed by atoms with Crippen LogP contribution in [0, 0.1) is 5.41 Å². The van der Waals surface area contributed by atoms with Crippen molar-refractivity contribution < 1.29 is 13.6 Å². The monoisotopic (exact) mass is 348 g/mol. The average Bonchev–Trinajstić information content (AvgIpc) is 2.52. The molecule has 1 aromatic carbocycles. The zero-order valence-electron chi connectivity index (χ0n) is 13.7. The van der Waals surface area contributed by atoms with Crippen LogP contribution in [0.25, 0.3) is 11.3 Å². The van der Waals surface area contributed by atoms with Crippen LogP contribution >= 0.6 is 0 Å². The standard InChI is InChI=1S/C16H20N4O3S/c1-16(2,3)20-24(22,23)12-7-4-6-11(10-12)13-8-5-9-14(18-13)15(17)19-21/h4-10,20-21H,1-3H3,(H2,17,19). The zero-order chi connectivity index (χ0) is 18.0. The number of amidine groups is 1. The fourth-order valence-electron chi connectivity index (χ4n) is 2.08. The number of pyridine rings is 1. The first-order valence-corrected chi connectivity index (χ1v) is 8.71. The van der Waals surface area contributed by atoms with E-state index in [0.29, 0.717) is 11.3 Å². The first-order valence-electron chi connectivity index (χ1n) is 7.23. The van der Waals surface area contributed by atoms with Gasteiger partial charge in [-0.3, -0.25) is 16.1 Å². The Balaban J connectivity index is 2.43. The van der Waals surface area contributed by atoms with E-state index in [0.717, 1.165) is 0 Å². The highest BCUT2D eigenvalue weighted by atomic mass is 32.2. The van der Waals surface area contributed by atoms with Crippen molar-refractivity contribution in [1.82, 2.24) is 15.2 Å². The quantitative estimate of drug-likeness (QED) is 0.384. The van der Waals surface area contributed by atoms with Gasteiger partial charge in [-0.2, -0.15) is 0 Å². The molecule has 7 nitrogen and oxygen atoms in total. The minimum absolute atomic E-state index is 0.137.